The first-order valence-corrected chi connectivity index (χ1v) is 5.71. The summed E-state index contributed by atoms with van der Waals surface area (Å²) < 4.78 is 10.9. The van der Waals surface area contributed by atoms with Crippen molar-refractivity contribution in [3.05, 3.63) is 24.3 Å². The molecule has 0 spiro atoms. The molecule has 78 valence electrons. The van der Waals surface area contributed by atoms with E-state index in [1.165, 1.54) is 0 Å². The van der Waals surface area contributed by atoms with Gasteiger partial charge in [0.15, 0.2) is 11.5 Å². The molecule has 0 fully saturated rings. The Morgan fingerprint density at radius 1 is 0.857 bits per heavy atom. The van der Waals surface area contributed by atoms with Crippen molar-refractivity contribution in [2.24, 2.45) is 0 Å². The fourth-order valence-electron chi connectivity index (χ4n) is 1.000. The summed E-state index contributed by atoms with van der Waals surface area (Å²) >= 11 is 8.16. The summed E-state index contributed by atoms with van der Waals surface area (Å²) in [5, 5.41) is 0. The maximum atomic E-state index is 5.46. The van der Waals surface area contributed by atoms with E-state index < -0.39 is 0 Å². The molecule has 1 rings (SSSR count). The number of para-hydroxylation sites is 2. The van der Waals surface area contributed by atoms with Crippen LogP contribution in [0.2, 0.25) is 0 Å². The number of thiol groups is 2. The van der Waals surface area contributed by atoms with Gasteiger partial charge in [-0.3, -0.25) is 0 Å². The maximum absolute atomic E-state index is 5.46. The van der Waals surface area contributed by atoms with Crippen LogP contribution in [0.1, 0.15) is 0 Å². The average Bonchev–Trinajstić information content (AvgIpc) is 2.24. The molecule has 4 heteroatoms. The third kappa shape index (κ3) is 3.72. The first kappa shape index (κ1) is 11.6. The van der Waals surface area contributed by atoms with Crippen LogP contribution < -0.4 is 9.47 Å². The standard InChI is InChI=1S/C10H14O2S2/c13-7-5-11-9-3-1-2-4-10(9)12-6-8-14/h1-4,13-14H,5-8H2. The summed E-state index contributed by atoms with van der Waals surface area (Å²) in [6.45, 7) is 1.18. The Morgan fingerprint density at radius 3 is 1.64 bits per heavy atom. The molecule has 0 aromatic heterocycles. The van der Waals surface area contributed by atoms with Gasteiger partial charge in [0, 0.05) is 11.5 Å². The molecule has 0 atom stereocenters. The van der Waals surface area contributed by atoms with Crippen molar-refractivity contribution in [2.75, 3.05) is 24.7 Å². The fourth-order valence-corrected chi connectivity index (χ4v) is 1.18. The van der Waals surface area contributed by atoms with Crippen molar-refractivity contribution in [1.29, 1.82) is 0 Å². The highest BCUT2D eigenvalue weighted by Gasteiger charge is 2.02. The molecule has 14 heavy (non-hydrogen) atoms. The molecular weight excluding hydrogens is 216 g/mol. The number of hydrogen-bond donors (Lipinski definition) is 2. The molecule has 0 saturated heterocycles. The summed E-state index contributed by atoms with van der Waals surface area (Å²) in [6.07, 6.45) is 0. The third-order valence-electron chi connectivity index (χ3n) is 1.55. The molecule has 0 aliphatic carbocycles. The lowest BCUT2D eigenvalue weighted by atomic mass is 10.3. The van der Waals surface area contributed by atoms with Gasteiger partial charge in [0.2, 0.25) is 0 Å². The zero-order chi connectivity index (χ0) is 10.2. The summed E-state index contributed by atoms with van der Waals surface area (Å²) in [5.74, 6) is 2.92. The summed E-state index contributed by atoms with van der Waals surface area (Å²) in [7, 11) is 0. The van der Waals surface area contributed by atoms with Crippen LogP contribution in [-0.2, 0) is 0 Å². The molecular formula is C10H14O2S2. The minimum Gasteiger partial charge on any atom is -0.489 e. The Kier molecular flexibility index (Phi) is 5.71. The van der Waals surface area contributed by atoms with Gasteiger partial charge in [-0.2, -0.15) is 25.3 Å². The highest BCUT2D eigenvalue weighted by atomic mass is 32.1. The molecule has 0 unspecified atom stereocenters. The largest absolute Gasteiger partial charge is 0.489 e. The molecule has 0 aliphatic rings. The first-order valence-electron chi connectivity index (χ1n) is 4.45. The van der Waals surface area contributed by atoms with Gasteiger partial charge in [-0.1, -0.05) is 12.1 Å². The van der Waals surface area contributed by atoms with Crippen molar-refractivity contribution in [3.63, 3.8) is 0 Å². The van der Waals surface area contributed by atoms with Crippen molar-refractivity contribution >= 4 is 25.3 Å². The van der Waals surface area contributed by atoms with Gasteiger partial charge in [-0.25, -0.2) is 0 Å². The second-order valence-corrected chi connectivity index (χ2v) is 3.49. The van der Waals surface area contributed by atoms with Crippen LogP contribution in [0.15, 0.2) is 24.3 Å². The maximum Gasteiger partial charge on any atom is 0.161 e. The van der Waals surface area contributed by atoms with E-state index in [0.29, 0.717) is 24.7 Å². The van der Waals surface area contributed by atoms with Crippen molar-refractivity contribution < 1.29 is 9.47 Å². The van der Waals surface area contributed by atoms with E-state index in [-0.39, 0.29) is 0 Å². The normalized spacial score (nSPS) is 9.86. The second kappa shape index (κ2) is 6.90. The highest BCUT2D eigenvalue weighted by molar-refractivity contribution is 7.80. The summed E-state index contributed by atoms with van der Waals surface area (Å²) in [5.41, 5.74) is 0. The van der Waals surface area contributed by atoms with Crippen LogP contribution >= 0.6 is 25.3 Å². The molecule has 0 bridgehead atoms. The van der Waals surface area contributed by atoms with Gasteiger partial charge in [-0.05, 0) is 12.1 Å². The number of benzene rings is 1. The molecule has 0 radical (unpaired) electrons. The predicted molar refractivity (Wildman–Crippen MR) is 65.1 cm³/mol. The molecule has 0 aliphatic heterocycles. The van der Waals surface area contributed by atoms with E-state index in [9.17, 15) is 0 Å². The minimum atomic E-state index is 0.588. The van der Waals surface area contributed by atoms with Gasteiger partial charge in [-0.15, -0.1) is 0 Å². The van der Waals surface area contributed by atoms with E-state index in [4.69, 9.17) is 9.47 Å². The Balaban J connectivity index is 2.60. The molecule has 1 aromatic rings. The molecule has 1 aromatic carbocycles. The van der Waals surface area contributed by atoms with E-state index in [1.807, 2.05) is 24.3 Å². The topological polar surface area (TPSA) is 18.5 Å². The first-order chi connectivity index (χ1) is 6.88. The highest BCUT2D eigenvalue weighted by Crippen LogP contribution is 2.26. The predicted octanol–water partition coefficient (Wildman–Crippen LogP) is 2.30. The van der Waals surface area contributed by atoms with Crippen molar-refractivity contribution in [3.8, 4) is 11.5 Å². The summed E-state index contributed by atoms with van der Waals surface area (Å²) in [4.78, 5) is 0. The molecule has 0 amide bonds. The van der Waals surface area contributed by atoms with Gasteiger partial charge in [0.25, 0.3) is 0 Å². The lowest BCUT2D eigenvalue weighted by molar-refractivity contribution is 0.291. The Bertz CT molecular complexity index is 239. The number of hydrogen-bond acceptors (Lipinski definition) is 4. The average molecular weight is 230 g/mol. The molecule has 0 saturated carbocycles. The van der Waals surface area contributed by atoms with E-state index in [1.54, 1.807) is 0 Å². The lowest BCUT2D eigenvalue weighted by Gasteiger charge is -2.10. The van der Waals surface area contributed by atoms with E-state index in [0.717, 1.165) is 11.5 Å². The van der Waals surface area contributed by atoms with Crippen LogP contribution in [0.5, 0.6) is 11.5 Å². The van der Waals surface area contributed by atoms with Gasteiger partial charge in [0.05, 0.1) is 13.2 Å². The fraction of sp³-hybridized carbons (Fsp3) is 0.400. The van der Waals surface area contributed by atoms with Crippen LogP contribution in [0.3, 0.4) is 0 Å². The Labute approximate surface area is 95.4 Å². The van der Waals surface area contributed by atoms with Crippen LogP contribution in [-0.4, -0.2) is 24.7 Å². The molecule has 2 nitrogen and oxygen atoms in total. The molecule has 0 heterocycles. The van der Waals surface area contributed by atoms with Crippen molar-refractivity contribution in [2.45, 2.75) is 0 Å². The summed E-state index contributed by atoms with van der Waals surface area (Å²) in [6, 6.07) is 7.61. The van der Waals surface area contributed by atoms with Gasteiger partial charge in [0.1, 0.15) is 0 Å². The SMILES string of the molecule is SCCOc1ccccc1OCCS. The zero-order valence-electron chi connectivity index (χ0n) is 7.85. The zero-order valence-corrected chi connectivity index (χ0v) is 9.64. The monoisotopic (exact) mass is 230 g/mol. The van der Waals surface area contributed by atoms with Crippen LogP contribution in [0.4, 0.5) is 0 Å². The van der Waals surface area contributed by atoms with Gasteiger partial charge < -0.3 is 9.47 Å². The quantitative estimate of drug-likeness (QED) is 0.731. The smallest absolute Gasteiger partial charge is 0.161 e. The number of rotatable bonds is 6. The van der Waals surface area contributed by atoms with Crippen LogP contribution in [0, 0.1) is 0 Å². The van der Waals surface area contributed by atoms with Crippen molar-refractivity contribution in [1.82, 2.24) is 0 Å². The Hall–Kier alpha value is -0.480. The third-order valence-corrected chi connectivity index (χ3v) is 1.91. The van der Waals surface area contributed by atoms with E-state index >= 15 is 0 Å². The molecule has 0 N–H and O–H groups in total. The van der Waals surface area contributed by atoms with Crippen LogP contribution in [0.25, 0.3) is 0 Å². The minimum absolute atomic E-state index is 0.588. The second-order valence-electron chi connectivity index (χ2n) is 2.59. The lowest BCUT2D eigenvalue weighted by Crippen LogP contribution is -2.03. The van der Waals surface area contributed by atoms with Gasteiger partial charge >= 0.3 is 0 Å². The van der Waals surface area contributed by atoms with E-state index in [2.05, 4.69) is 25.3 Å². The number of ether oxygens (including phenoxy) is 2. The Morgan fingerprint density at radius 2 is 1.29 bits per heavy atom.